The highest BCUT2D eigenvalue weighted by Crippen LogP contribution is 2.30. The van der Waals surface area contributed by atoms with Crippen LogP contribution >= 0.6 is 24.2 Å². The van der Waals surface area contributed by atoms with Crippen molar-refractivity contribution in [3.63, 3.8) is 0 Å². The maximum absolute atomic E-state index is 12.9. The molecule has 0 aromatic heterocycles. The van der Waals surface area contributed by atoms with E-state index in [1.165, 1.54) is 17.3 Å². The predicted molar refractivity (Wildman–Crippen MR) is 116 cm³/mol. The number of carbonyl (C=O) groups excluding carboxylic acids is 2. The SMILES string of the molecule is Cl.O=C(c1ccccc1SCC(=O)N1CCc2ccccc21)N1CCNCC1. The van der Waals surface area contributed by atoms with Crippen LogP contribution in [0.25, 0.3) is 0 Å². The molecule has 4 rings (SSSR count). The lowest BCUT2D eigenvalue weighted by molar-refractivity contribution is -0.116. The van der Waals surface area contributed by atoms with Gasteiger partial charge in [-0.1, -0.05) is 30.3 Å². The van der Waals surface area contributed by atoms with Crippen LogP contribution in [0.3, 0.4) is 0 Å². The third-order valence-electron chi connectivity index (χ3n) is 5.06. The molecule has 28 heavy (non-hydrogen) atoms. The van der Waals surface area contributed by atoms with Gasteiger partial charge in [0.15, 0.2) is 0 Å². The van der Waals surface area contributed by atoms with E-state index in [4.69, 9.17) is 0 Å². The van der Waals surface area contributed by atoms with E-state index in [1.54, 1.807) is 0 Å². The van der Waals surface area contributed by atoms with Crippen molar-refractivity contribution in [2.75, 3.05) is 43.4 Å². The summed E-state index contributed by atoms with van der Waals surface area (Å²) in [6.07, 6.45) is 0.907. The van der Waals surface area contributed by atoms with Crippen LogP contribution in [0.15, 0.2) is 53.4 Å². The first-order chi connectivity index (χ1) is 13.2. The number of hydrogen-bond donors (Lipinski definition) is 1. The Bertz CT molecular complexity index is 855. The summed E-state index contributed by atoms with van der Waals surface area (Å²) in [4.78, 5) is 30.3. The van der Waals surface area contributed by atoms with Crippen molar-refractivity contribution in [2.45, 2.75) is 11.3 Å². The van der Waals surface area contributed by atoms with Crippen molar-refractivity contribution in [2.24, 2.45) is 0 Å². The second kappa shape index (κ2) is 9.45. The maximum Gasteiger partial charge on any atom is 0.255 e. The number of benzene rings is 2. The Kier molecular flexibility index (Phi) is 6.99. The van der Waals surface area contributed by atoms with Crippen molar-refractivity contribution < 1.29 is 9.59 Å². The Morgan fingerprint density at radius 1 is 0.964 bits per heavy atom. The minimum Gasteiger partial charge on any atom is -0.336 e. The van der Waals surface area contributed by atoms with Crippen LogP contribution in [0.4, 0.5) is 5.69 Å². The molecule has 1 N–H and O–H groups in total. The van der Waals surface area contributed by atoms with E-state index >= 15 is 0 Å². The lowest BCUT2D eigenvalue weighted by atomic mass is 10.2. The van der Waals surface area contributed by atoms with Gasteiger partial charge < -0.3 is 15.1 Å². The second-order valence-electron chi connectivity index (χ2n) is 6.75. The molecule has 0 aliphatic carbocycles. The van der Waals surface area contributed by atoms with Crippen molar-refractivity contribution in [3.05, 3.63) is 59.7 Å². The second-order valence-corrected chi connectivity index (χ2v) is 7.77. The zero-order chi connectivity index (χ0) is 18.6. The number of nitrogens with one attached hydrogen (secondary N) is 1. The van der Waals surface area contributed by atoms with Gasteiger partial charge in [0.1, 0.15) is 0 Å². The van der Waals surface area contributed by atoms with Gasteiger partial charge in [0, 0.05) is 43.3 Å². The van der Waals surface area contributed by atoms with Gasteiger partial charge >= 0.3 is 0 Å². The highest BCUT2D eigenvalue weighted by atomic mass is 35.5. The van der Waals surface area contributed by atoms with Crippen LogP contribution in [0.1, 0.15) is 15.9 Å². The number of anilines is 1. The average molecular weight is 418 g/mol. The summed E-state index contributed by atoms with van der Waals surface area (Å²) in [6.45, 7) is 3.84. The molecule has 1 saturated heterocycles. The van der Waals surface area contributed by atoms with Gasteiger partial charge in [0.05, 0.1) is 11.3 Å². The van der Waals surface area contributed by atoms with E-state index in [1.807, 2.05) is 52.3 Å². The molecule has 2 aliphatic heterocycles. The molecule has 0 unspecified atom stereocenters. The Morgan fingerprint density at radius 2 is 1.68 bits per heavy atom. The van der Waals surface area contributed by atoms with E-state index in [9.17, 15) is 9.59 Å². The fourth-order valence-corrected chi connectivity index (χ4v) is 4.54. The number of para-hydroxylation sites is 1. The van der Waals surface area contributed by atoms with Gasteiger partial charge in [0.2, 0.25) is 5.91 Å². The highest BCUT2D eigenvalue weighted by molar-refractivity contribution is 8.00. The molecule has 2 aromatic carbocycles. The zero-order valence-electron chi connectivity index (χ0n) is 15.6. The van der Waals surface area contributed by atoms with E-state index in [-0.39, 0.29) is 24.2 Å². The number of thioether (sulfide) groups is 1. The minimum atomic E-state index is 0. The highest BCUT2D eigenvalue weighted by Gasteiger charge is 2.25. The quantitative estimate of drug-likeness (QED) is 0.777. The van der Waals surface area contributed by atoms with E-state index in [2.05, 4.69) is 11.4 Å². The normalized spacial score (nSPS) is 15.7. The molecule has 0 saturated carbocycles. The molecule has 7 heteroatoms. The van der Waals surface area contributed by atoms with Crippen LogP contribution < -0.4 is 10.2 Å². The van der Waals surface area contributed by atoms with E-state index in [0.29, 0.717) is 11.3 Å². The number of nitrogens with zero attached hydrogens (tertiary/aromatic N) is 2. The van der Waals surface area contributed by atoms with Crippen LogP contribution in [0.2, 0.25) is 0 Å². The summed E-state index contributed by atoms with van der Waals surface area (Å²) in [5.41, 5.74) is 2.94. The molecule has 5 nitrogen and oxygen atoms in total. The first kappa shape index (κ1) is 20.7. The molecule has 2 heterocycles. The fraction of sp³-hybridized carbons (Fsp3) is 0.333. The lowest BCUT2D eigenvalue weighted by Crippen LogP contribution is -2.46. The predicted octanol–water partition coefficient (Wildman–Crippen LogP) is 2.84. The van der Waals surface area contributed by atoms with Crippen molar-refractivity contribution in [3.8, 4) is 0 Å². The molecule has 0 bridgehead atoms. The topological polar surface area (TPSA) is 52.7 Å². The summed E-state index contributed by atoms with van der Waals surface area (Å²) in [5.74, 6) is 0.480. The number of carbonyl (C=O) groups is 2. The number of hydrogen-bond acceptors (Lipinski definition) is 4. The zero-order valence-corrected chi connectivity index (χ0v) is 17.2. The first-order valence-electron chi connectivity index (χ1n) is 9.34. The third-order valence-corrected chi connectivity index (χ3v) is 6.12. The molecule has 2 amide bonds. The maximum atomic E-state index is 12.9. The van der Waals surface area contributed by atoms with Gasteiger partial charge in [-0.25, -0.2) is 0 Å². The molecule has 148 valence electrons. The molecule has 2 aromatic rings. The lowest BCUT2D eigenvalue weighted by Gasteiger charge is -2.28. The van der Waals surface area contributed by atoms with Crippen LogP contribution in [-0.4, -0.2) is 55.2 Å². The molecule has 0 spiro atoms. The summed E-state index contributed by atoms with van der Waals surface area (Å²) >= 11 is 1.45. The van der Waals surface area contributed by atoms with Gasteiger partial charge in [-0.15, -0.1) is 24.2 Å². The van der Waals surface area contributed by atoms with Crippen molar-refractivity contribution >= 4 is 41.7 Å². The number of halogens is 1. The molecule has 2 aliphatic rings. The molecule has 0 atom stereocenters. The first-order valence-corrected chi connectivity index (χ1v) is 10.3. The molecule has 1 fully saturated rings. The summed E-state index contributed by atoms with van der Waals surface area (Å²) < 4.78 is 0. The van der Waals surface area contributed by atoms with Gasteiger partial charge in [-0.05, 0) is 30.2 Å². The van der Waals surface area contributed by atoms with Gasteiger partial charge in [-0.3, -0.25) is 9.59 Å². The van der Waals surface area contributed by atoms with Crippen molar-refractivity contribution in [1.82, 2.24) is 10.2 Å². The van der Waals surface area contributed by atoms with Gasteiger partial charge in [-0.2, -0.15) is 0 Å². The largest absolute Gasteiger partial charge is 0.336 e. The standard InChI is InChI=1S/C21H23N3O2S.ClH/c25-20(24-12-9-16-5-1-3-7-18(16)24)15-27-19-8-4-2-6-17(19)21(26)23-13-10-22-11-14-23;/h1-8,22H,9-15H2;1H. The molecule has 0 radical (unpaired) electrons. The van der Waals surface area contributed by atoms with Gasteiger partial charge in [0.25, 0.3) is 5.91 Å². The molecular weight excluding hydrogens is 394 g/mol. The third kappa shape index (κ3) is 4.35. The Labute approximate surface area is 175 Å². The van der Waals surface area contributed by atoms with Crippen LogP contribution in [-0.2, 0) is 11.2 Å². The fourth-order valence-electron chi connectivity index (χ4n) is 3.62. The number of rotatable bonds is 4. The summed E-state index contributed by atoms with van der Waals surface area (Å²) in [7, 11) is 0. The minimum absolute atomic E-state index is 0. The molecular formula is C21H24ClN3O2S. The number of piperazine rings is 1. The monoisotopic (exact) mass is 417 g/mol. The van der Waals surface area contributed by atoms with E-state index in [0.717, 1.165) is 49.7 Å². The summed E-state index contributed by atoms with van der Waals surface area (Å²) in [6, 6.07) is 15.7. The van der Waals surface area contributed by atoms with Crippen LogP contribution in [0.5, 0.6) is 0 Å². The number of amides is 2. The smallest absolute Gasteiger partial charge is 0.255 e. The Hall–Kier alpha value is -2.02. The number of fused-ring (bicyclic) bond motifs is 1. The van der Waals surface area contributed by atoms with Crippen LogP contribution in [0, 0.1) is 0 Å². The Balaban J connectivity index is 0.00000225. The Morgan fingerprint density at radius 3 is 2.50 bits per heavy atom. The van der Waals surface area contributed by atoms with Crippen molar-refractivity contribution in [1.29, 1.82) is 0 Å². The average Bonchev–Trinajstić information content (AvgIpc) is 3.17. The van der Waals surface area contributed by atoms with E-state index < -0.39 is 0 Å². The summed E-state index contributed by atoms with van der Waals surface area (Å²) in [5, 5.41) is 3.27.